The van der Waals surface area contributed by atoms with Gasteiger partial charge in [-0.15, -0.1) is 0 Å². The maximum Gasteiger partial charge on any atom is 1.00 e. The number of ether oxygens (including phenoxy) is 2. The fourth-order valence-electron chi connectivity index (χ4n) is 2.60. The van der Waals surface area contributed by atoms with E-state index in [2.05, 4.69) is 94.3 Å². The maximum absolute atomic E-state index is 12.1. The number of hydrogen-bond donors (Lipinski definition) is 1. The molecule has 0 fully saturated rings. The van der Waals surface area contributed by atoms with Gasteiger partial charge in [0.25, 0.3) is 0 Å². The van der Waals surface area contributed by atoms with Gasteiger partial charge in [-0.2, -0.15) is 0 Å². The molecule has 0 radical (unpaired) electrons. The first-order chi connectivity index (χ1) is 18.8. The molecule has 3 N–H and O–H groups in total. The number of phosphoric acid groups is 1. The van der Waals surface area contributed by atoms with E-state index < -0.39 is 39.1 Å². The molecule has 0 heterocycles. The minimum absolute atomic E-state index is 0. The Morgan fingerprint density at radius 3 is 1.67 bits per heavy atom. The second-order valence-corrected chi connectivity index (χ2v) is 8.71. The summed E-state index contributed by atoms with van der Waals surface area (Å²) in [7, 11) is -5.31. The van der Waals surface area contributed by atoms with Crippen molar-refractivity contribution in [1.29, 1.82) is 0 Å². The summed E-state index contributed by atoms with van der Waals surface area (Å²) in [5.74, 6) is 32.0. The Morgan fingerprint density at radius 1 is 0.738 bits per heavy atom. The third-order valence-electron chi connectivity index (χ3n) is 4.33. The Hall–Kier alpha value is -2.07. The third-order valence-corrected chi connectivity index (χ3v) is 4.79. The molecule has 0 aliphatic heterocycles. The Kier molecular flexibility index (Phi) is 37.3. The van der Waals surface area contributed by atoms with Crippen LogP contribution in [0.1, 0.15) is 90.2 Å². The average molecular weight is 638 g/mol. The number of esters is 2. The average Bonchev–Trinajstić information content (AvgIpc) is 2.89. The molecule has 0 aliphatic rings. The number of phosphoric ester groups is 1. The molecule has 238 valence electrons. The molecule has 0 aromatic rings. The zero-order chi connectivity index (χ0) is 29.0. The van der Waals surface area contributed by atoms with E-state index in [4.69, 9.17) is 9.47 Å². The van der Waals surface area contributed by atoms with Gasteiger partial charge < -0.3 is 34.5 Å². The molecule has 0 aromatic heterocycles. The topological polar surface area (TPSA) is 160 Å². The molecule has 0 aromatic carbocycles. The molecular formula is C30H58NNa2O8P. The van der Waals surface area contributed by atoms with Gasteiger partial charge >= 0.3 is 71.1 Å². The van der Waals surface area contributed by atoms with E-state index in [1.54, 1.807) is 6.92 Å². The Balaban J connectivity index is -0.0000000602. The summed E-state index contributed by atoms with van der Waals surface area (Å²) in [6, 6.07) is 0. The van der Waals surface area contributed by atoms with Crippen molar-refractivity contribution < 1.29 is 116 Å². The van der Waals surface area contributed by atoms with E-state index in [-0.39, 0.29) is 90.2 Å². The molecule has 12 heteroatoms. The van der Waals surface area contributed by atoms with Crippen LogP contribution in [0.15, 0.2) is 0 Å². The van der Waals surface area contributed by atoms with E-state index in [1.807, 2.05) is 0 Å². The summed E-state index contributed by atoms with van der Waals surface area (Å²) >= 11 is 0. The molecule has 1 atom stereocenters. The normalized spacial score (nSPS) is 8.86. The van der Waals surface area contributed by atoms with Crippen molar-refractivity contribution in [2.75, 3.05) is 13.2 Å². The van der Waals surface area contributed by atoms with Gasteiger partial charge in [-0.1, -0.05) is 57.8 Å². The van der Waals surface area contributed by atoms with Crippen LogP contribution in [0.25, 0.3) is 0 Å². The largest absolute Gasteiger partial charge is 1.00 e. The van der Waals surface area contributed by atoms with Crippen LogP contribution in [0.5, 0.6) is 0 Å². The van der Waals surface area contributed by atoms with Crippen LogP contribution in [0.2, 0.25) is 0 Å². The van der Waals surface area contributed by atoms with Gasteiger partial charge in [0.15, 0.2) is 6.10 Å². The van der Waals surface area contributed by atoms with Crippen LogP contribution in [0, 0.1) is 82.9 Å². The van der Waals surface area contributed by atoms with Crippen molar-refractivity contribution in [3.63, 3.8) is 0 Å². The van der Waals surface area contributed by atoms with E-state index in [0.717, 1.165) is 25.7 Å². The van der Waals surface area contributed by atoms with Crippen molar-refractivity contribution in [1.82, 2.24) is 6.15 Å². The van der Waals surface area contributed by atoms with Crippen molar-refractivity contribution in [3.8, 4) is 82.9 Å². The van der Waals surface area contributed by atoms with Crippen LogP contribution >= 0.6 is 7.82 Å². The Morgan fingerprint density at radius 2 is 1.19 bits per heavy atom. The molecule has 0 rings (SSSR count). The molecular weight excluding hydrogens is 579 g/mol. The monoisotopic (exact) mass is 637 g/mol. The second-order valence-electron chi connectivity index (χ2n) is 7.55. The van der Waals surface area contributed by atoms with Gasteiger partial charge in [0.1, 0.15) is 6.61 Å². The zero-order valence-corrected chi connectivity index (χ0v) is 29.7. The van der Waals surface area contributed by atoms with Crippen molar-refractivity contribution in [2.45, 2.75) is 77.7 Å². The molecule has 0 amide bonds. The SMILES string of the molecule is CC#CC#CC#CC#CC#CC#CC#CC(=O)OC[C@@H](COP(=O)([O-])[O-])OC(=O)CCCCCCCCCC.N.[HH].[HH].[HH].[HH].[HH].[HH].[HH].[HH].[HH].[HH].[HH].[HH].[HH].[Na+].[Na+]. The summed E-state index contributed by atoms with van der Waals surface area (Å²) in [5.41, 5.74) is 0. The molecule has 0 spiro atoms. The van der Waals surface area contributed by atoms with E-state index in [0.29, 0.717) is 6.42 Å². The Bertz CT molecular complexity index is 1340. The minimum atomic E-state index is -5.31. The zero-order valence-electron chi connectivity index (χ0n) is 24.8. The molecule has 0 saturated carbocycles. The van der Waals surface area contributed by atoms with Crippen LogP contribution in [-0.2, 0) is 28.2 Å². The van der Waals surface area contributed by atoms with Crippen LogP contribution in [-0.4, -0.2) is 31.3 Å². The molecule has 0 unspecified atom stereocenters. The molecule has 9 nitrogen and oxygen atoms in total. The summed E-state index contributed by atoms with van der Waals surface area (Å²) in [6.07, 6.45) is 7.09. The molecule has 0 saturated heterocycles. The van der Waals surface area contributed by atoms with Gasteiger partial charge in [-0.25, -0.2) is 4.79 Å². The number of carbonyl (C=O) groups excluding carboxylic acids is 2. The van der Waals surface area contributed by atoms with Crippen molar-refractivity contribution in [3.05, 3.63) is 0 Å². The summed E-state index contributed by atoms with van der Waals surface area (Å²) in [6.45, 7) is 2.47. The summed E-state index contributed by atoms with van der Waals surface area (Å²) in [5, 5.41) is 0. The number of unbranched alkanes of at least 4 members (excludes halogenated alkanes) is 7. The predicted octanol–water partition coefficient (Wildman–Crippen LogP) is -0.771. The quantitative estimate of drug-likeness (QED) is 0.0608. The fourth-order valence-corrected chi connectivity index (χ4v) is 2.95. The van der Waals surface area contributed by atoms with Gasteiger partial charge in [-0.3, -0.25) is 4.79 Å². The van der Waals surface area contributed by atoms with E-state index >= 15 is 0 Å². The fraction of sp³-hybridized carbons (Fsp3) is 0.467. The molecule has 0 bridgehead atoms. The first-order valence-electron chi connectivity index (χ1n) is 12.2. The first-order valence-corrected chi connectivity index (χ1v) is 13.7. The Labute approximate surface area is 313 Å². The first kappa shape index (κ1) is 46.9. The van der Waals surface area contributed by atoms with Crippen LogP contribution < -0.4 is 75.1 Å². The number of hydrogen-bond acceptors (Lipinski definition) is 9. The summed E-state index contributed by atoms with van der Waals surface area (Å²) < 4.78 is 24.9. The van der Waals surface area contributed by atoms with Gasteiger partial charge in [0.05, 0.1) is 14.4 Å². The summed E-state index contributed by atoms with van der Waals surface area (Å²) in [4.78, 5) is 45.4. The second kappa shape index (κ2) is 33.4. The smallest absolute Gasteiger partial charge is 0.790 e. The number of rotatable bonds is 15. The standard InChI is InChI=1S/C30H31O8P.H3N.2Na.13H2/c1-3-5-7-9-11-13-14-15-16-17-19-20-22-24-29(31)36-26-28(27-37-39(33,34)35)38-30(32)25-23-21-18-12-10-8-6-4-2;;;;;;;;;;;;;;;;/h28H,4,6,8,10,12,18,21,23,25-27H2,1-2H3,(H2,33,34,35);1H3;;;13*1H/q;;2*+1;;;;;;;;;;;;;/p-2/t28-;;;;;;;;;;;;;;;;/m0................/s1. The maximum atomic E-state index is 12.1. The molecule has 42 heavy (non-hydrogen) atoms. The van der Waals surface area contributed by atoms with Crippen molar-refractivity contribution in [2.24, 2.45) is 0 Å². The molecule has 0 aliphatic carbocycles. The van der Waals surface area contributed by atoms with Crippen LogP contribution in [0.4, 0.5) is 0 Å². The van der Waals surface area contributed by atoms with Crippen molar-refractivity contribution >= 4 is 19.8 Å². The van der Waals surface area contributed by atoms with Gasteiger partial charge in [0, 0.05) is 30.9 Å². The van der Waals surface area contributed by atoms with Crippen LogP contribution in [0.3, 0.4) is 0 Å². The third kappa shape index (κ3) is 36.0. The van der Waals surface area contributed by atoms with Gasteiger partial charge in [-0.05, 0) is 84.4 Å². The van der Waals surface area contributed by atoms with E-state index in [9.17, 15) is 23.9 Å². The predicted molar refractivity (Wildman–Crippen MR) is 174 cm³/mol. The van der Waals surface area contributed by atoms with E-state index in [1.165, 1.54) is 19.3 Å². The minimum Gasteiger partial charge on any atom is -0.790 e. The van der Waals surface area contributed by atoms with Gasteiger partial charge in [0.2, 0.25) is 0 Å². The number of carbonyl (C=O) groups is 2.